The van der Waals surface area contributed by atoms with Crippen molar-refractivity contribution in [2.24, 2.45) is 0 Å². The van der Waals surface area contributed by atoms with E-state index in [4.69, 9.17) is 9.79 Å². The Labute approximate surface area is 58.6 Å². The molecule has 0 atom stereocenters. The second kappa shape index (κ2) is 3.71. The Bertz CT molecular complexity index is 163. The summed E-state index contributed by atoms with van der Waals surface area (Å²) in [4.78, 5) is 27.0. The quantitative estimate of drug-likeness (QED) is 0.485. The highest BCUT2D eigenvalue weighted by molar-refractivity contribution is 7.51. The lowest BCUT2D eigenvalue weighted by Gasteiger charge is -2.01. The normalized spacial score (nSPS) is 11.1. The minimum Gasteiger partial charge on any atom is -0.359 e. The second-order valence-corrected chi connectivity index (χ2v) is 3.59. The molecule has 10 heavy (non-hydrogen) atoms. The molecule has 0 heterocycles. The van der Waals surface area contributed by atoms with Gasteiger partial charge in [-0.15, -0.1) is 0 Å². The fraction of sp³-hybridized carbons (Fsp3) is 0.750. The number of hydrogen-bond donors (Lipinski definition) is 3. The number of carbonyl (C=O) groups excluding carboxylic acids is 1. The van der Waals surface area contributed by atoms with Crippen LogP contribution in [0, 0.1) is 0 Å². The number of carbonyl (C=O) groups is 1. The Kier molecular flexibility index (Phi) is 3.57. The molecule has 0 fully saturated rings. The van der Waals surface area contributed by atoms with E-state index in [-0.39, 0.29) is 18.5 Å². The van der Waals surface area contributed by atoms with Crippen LogP contribution < -0.4 is 5.32 Å². The fourth-order valence-corrected chi connectivity index (χ4v) is 0.867. The van der Waals surface area contributed by atoms with Crippen molar-refractivity contribution in [1.29, 1.82) is 0 Å². The highest BCUT2D eigenvalue weighted by Crippen LogP contribution is 2.34. The van der Waals surface area contributed by atoms with Crippen LogP contribution in [-0.2, 0) is 9.36 Å². The molecule has 6 heteroatoms. The van der Waals surface area contributed by atoms with Crippen molar-refractivity contribution in [2.75, 3.05) is 13.2 Å². The number of nitrogens with one attached hydrogen (secondary N) is 1. The summed E-state index contributed by atoms with van der Waals surface area (Å²) in [7, 11) is -2.57. The molecule has 0 aliphatic heterocycles. The molecule has 0 saturated heterocycles. The lowest BCUT2D eigenvalue weighted by molar-refractivity contribution is -0.120. The maximum atomic E-state index is 10.4. The molecule has 0 aromatic rings. The first-order valence-electron chi connectivity index (χ1n) is 2.71. The summed E-state index contributed by atoms with van der Waals surface area (Å²) in [5.41, 5.74) is 0. The van der Waals surface area contributed by atoms with Gasteiger partial charge in [0.1, 0.15) is 0 Å². The van der Waals surface area contributed by atoms with Crippen molar-refractivity contribution in [3.63, 3.8) is 0 Å². The maximum absolute atomic E-state index is 10.4. The van der Waals surface area contributed by atoms with E-state index in [2.05, 4.69) is 5.32 Å². The molecule has 3 N–H and O–H groups in total. The van der Waals surface area contributed by atoms with Gasteiger partial charge in [0.2, 0.25) is 5.91 Å². The molecule has 0 aliphatic rings. The third-order valence-corrected chi connectivity index (χ3v) is 1.72. The first kappa shape index (κ1) is 9.62. The summed E-state index contributed by atoms with van der Waals surface area (Å²) in [6, 6.07) is 0. The standard InChI is InChI=1S/C4H10NO4P/c1-5-4(6)2-3-10(7,8)9/h2-3H2,1H3,(H,5,6)(H2,7,8,9). The van der Waals surface area contributed by atoms with Gasteiger partial charge in [-0.05, 0) is 0 Å². The third kappa shape index (κ3) is 5.75. The van der Waals surface area contributed by atoms with Crippen LogP contribution in [0.1, 0.15) is 6.42 Å². The van der Waals surface area contributed by atoms with Crippen LogP contribution in [0.2, 0.25) is 0 Å². The minimum absolute atomic E-state index is 0.124. The average Bonchev–Trinajstić information content (AvgIpc) is 1.81. The average molecular weight is 167 g/mol. The van der Waals surface area contributed by atoms with E-state index in [9.17, 15) is 9.36 Å². The topological polar surface area (TPSA) is 86.6 Å². The monoisotopic (exact) mass is 167 g/mol. The number of rotatable bonds is 3. The van der Waals surface area contributed by atoms with E-state index in [1.54, 1.807) is 0 Å². The molecule has 0 radical (unpaired) electrons. The zero-order chi connectivity index (χ0) is 8.20. The maximum Gasteiger partial charge on any atom is 0.326 e. The summed E-state index contributed by atoms with van der Waals surface area (Å²) in [5.74, 6) is -0.358. The highest BCUT2D eigenvalue weighted by Gasteiger charge is 2.13. The van der Waals surface area contributed by atoms with E-state index in [1.807, 2.05) is 0 Å². The Balaban J connectivity index is 3.56. The first-order chi connectivity index (χ1) is 4.45. The summed E-state index contributed by atoms with van der Waals surface area (Å²) in [5, 5.41) is 2.26. The van der Waals surface area contributed by atoms with Gasteiger partial charge in [0.15, 0.2) is 0 Å². The Morgan fingerprint density at radius 1 is 1.60 bits per heavy atom. The van der Waals surface area contributed by atoms with Gasteiger partial charge in [-0.25, -0.2) is 0 Å². The molecule has 0 aromatic carbocycles. The van der Waals surface area contributed by atoms with Crippen LogP contribution in [-0.4, -0.2) is 28.9 Å². The van der Waals surface area contributed by atoms with E-state index in [0.29, 0.717) is 0 Å². The van der Waals surface area contributed by atoms with Crippen molar-refractivity contribution in [2.45, 2.75) is 6.42 Å². The van der Waals surface area contributed by atoms with Crippen molar-refractivity contribution < 1.29 is 19.1 Å². The van der Waals surface area contributed by atoms with Crippen LogP contribution in [0.15, 0.2) is 0 Å². The van der Waals surface area contributed by atoms with Gasteiger partial charge < -0.3 is 15.1 Å². The Morgan fingerprint density at radius 3 is 2.40 bits per heavy atom. The molecule has 60 valence electrons. The molecular formula is C4H10NO4P. The van der Waals surface area contributed by atoms with E-state index >= 15 is 0 Å². The van der Waals surface area contributed by atoms with Crippen molar-refractivity contribution in [1.82, 2.24) is 5.32 Å². The molecule has 0 spiro atoms. The van der Waals surface area contributed by atoms with E-state index in [1.165, 1.54) is 7.05 Å². The summed E-state index contributed by atoms with van der Waals surface area (Å²) in [6.07, 6.45) is -0.506. The van der Waals surface area contributed by atoms with Gasteiger partial charge in [0.25, 0.3) is 0 Å². The SMILES string of the molecule is CNC(=O)CCP(=O)(O)O. The van der Waals surface area contributed by atoms with Crippen LogP contribution in [0.25, 0.3) is 0 Å². The molecule has 0 aromatic heterocycles. The number of hydrogen-bond acceptors (Lipinski definition) is 2. The second-order valence-electron chi connectivity index (χ2n) is 1.81. The lowest BCUT2D eigenvalue weighted by atomic mass is 10.5. The molecule has 0 aliphatic carbocycles. The van der Waals surface area contributed by atoms with Gasteiger partial charge in [0.05, 0.1) is 6.16 Å². The number of amides is 1. The third-order valence-electron chi connectivity index (χ3n) is 0.909. The minimum atomic E-state index is -3.99. The highest BCUT2D eigenvalue weighted by atomic mass is 31.2. The van der Waals surface area contributed by atoms with Gasteiger partial charge in [-0.2, -0.15) is 0 Å². The summed E-state index contributed by atoms with van der Waals surface area (Å²) >= 11 is 0. The first-order valence-corrected chi connectivity index (χ1v) is 4.50. The predicted molar refractivity (Wildman–Crippen MR) is 35.6 cm³/mol. The molecule has 0 rings (SSSR count). The van der Waals surface area contributed by atoms with Crippen molar-refractivity contribution in [3.05, 3.63) is 0 Å². The molecular weight excluding hydrogens is 157 g/mol. The van der Waals surface area contributed by atoms with E-state index < -0.39 is 7.60 Å². The van der Waals surface area contributed by atoms with Gasteiger partial charge in [-0.1, -0.05) is 0 Å². The summed E-state index contributed by atoms with van der Waals surface area (Å²) in [6.45, 7) is 0. The zero-order valence-electron chi connectivity index (χ0n) is 5.57. The van der Waals surface area contributed by atoms with Gasteiger partial charge in [0, 0.05) is 13.5 Å². The van der Waals surface area contributed by atoms with Crippen LogP contribution >= 0.6 is 7.60 Å². The molecule has 1 amide bonds. The molecule has 0 saturated carbocycles. The van der Waals surface area contributed by atoms with Crippen molar-refractivity contribution >= 4 is 13.5 Å². The predicted octanol–water partition coefficient (Wildman–Crippen LogP) is -0.700. The van der Waals surface area contributed by atoms with Crippen LogP contribution in [0.5, 0.6) is 0 Å². The zero-order valence-corrected chi connectivity index (χ0v) is 6.47. The largest absolute Gasteiger partial charge is 0.359 e. The van der Waals surface area contributed by atoms with Crippen LogP contribution in [0.4, 0.5) is 0 Å². The Morgan fingerprint density at radius 2 is 2.10 bits per heavy atom. The van der Waals surface area contributed by atoms with Gasteiger partial charge >= 0.3 is 7.60 Å². The Hall–Kier alpha value is -0.380. The van der Waals surface area contributed by atoms with Gasteiger partial charge in [-0.3, -0.25) is 9.36 Å². The van der Waals surface area contributed by atoms with Crippen LogP contribution in [0.3, 0.4) is 0 Å². The fourth-order valence-electron chi connectivity index (χ4n) is 0.372. The summed E-state index contributed by atoms with van der Waals surface area (Å²) < 4.78 is 10.2. The lowest BCUT2D eigenvalue weighted by Crippen LogP contribution is -2.18. The van der Waals surface area contributed by atoms with E-state index in [0.717, 1.165) is 0 Å². The van der Waals surface area contributed by atoms with Crippen molar-refractivity contribution in [3.8, 4) is 0 Å². The molecule has 5 nitrogen and oxygen atoms in total. The molecule has 0 unspecified atom stereocenters. The molecule has 0 bridgehead atoms. The smallest absolute Gasteiger partial charge is 0.326 e.